The molecule has 8 heteroatoms. The van der Waals surface area contributed by atoms with Crippen molar-refractivity contribution < 1.29 is 14.6 Å². The fourth-order valence-electron chi connectivity index (χ4n) is 2.20. The molecule has 1 amide bonds. The normalized spacial score (nSPS) is 11.8. The smallest absolute Gasteiger partial charge is 0.279 e. The number of carbonyl (C=O) groups excluding carboxylic acids is 1. The zero-order valence-corrected chi connectivity index (χ0v) is 15.2. The predicted octanol–water partition coefficient (Wildman–Crippen LogP) is 2.66. The molecular weight excluding hydrogens is 398 g/mol. The maximum atomic E-state index is 12.1. The fourth-order valence-corrected chi connectivity index (χ4v) is 2.63. The molecule has 24 heavy (non-hydrogen) atoms. The van der Waals surface area contributed by atoms with Gasteiger partial charge in [-0.05, 0) is 18.2 Å². The summed E-state index contributed by atoms with van der Waals surface area (Å²) in [5.41, 5.74) is 1.23. The molecule has 6 nitrogen and oxygen atoms in total. The second-order valence-corrected chi connectivity index (χ2v) is 6.73. The van der Waals surface area contributed by atoms with E-state index in [-0.39, 0.29) is 28.8 Å². The van der Waals surface area contributed by atoms with Gasteiger partial charge in [-0.2, -0.15) is 0 Å². The van der Waals surface area contributed by atoms with Gasteiger partial charge in [-0.3, -0.25) is 14.9 Å². The Morgan fingerprint density at radius 3 is 2.58 bits per heavy atom. The zero-order valence-electron chi connectivity index (χ0n) is 12.9. The van der Waals surface area contributed by atoms with Crippen molar-refractivity contribution in [3.63, 3.8) is 0 Å². The number of amides is 1. The molecule has 2 rings (SSSR count). The molecule has 0 saturated carbocycles. The first-order chi connectivity index (χ1) is 11.3. The van der Waals surface area contributed by atoms with E-state index in [4.69, 9.17) is 11.6 Å². The Morgan fingerprint density at radius 1 is 1.29 bits per heavy atom. The van der Waals surface area contributed by atoms with Crippen LogP contribution < -0.4 is 10.2 Å². The number of anilines is 1. The van der Waals surface area contributed by atoms with E-state index >= 15 is 0 Å². The third-order valence-electron chi connectivity index (χ3n) is 3.32. The maximum absolute atomic E-state index is 12.1. The van der Waals surface area contributed by atoms with E-state index in [0.29, 0.717) is 6.54 Å². The molecule has 0 fully saturated rings. The number of hydrogen-bond acceptors (Lipinski definition) is 3. The van der Waals surface area contributed by atoms with Crippen LogP contribution in [0.15, 0.2) is 46.9 Å². The summed E-state index contributed by atoms with van der Waals surface area (Å²) in [6.45, 7) is 0.901. The summed E-state index contributed by atoms with van der Waals surface area (Å²) in [7, 11) is 1.90. The highest BCUT2D eigenvalue weighted by atomic mass is 79.9. The monoisotopic (exact) mass is 412 g/mol. The largest absolute Gasteiger partial charge is 0.326 e. The number of hydrogen-bond donors (Lipinski definition) is 2. The number of benzene rings is 2. The number of nitro groups is 1. The van der Waals surface area contributed by atoms with Crippen molar-refractivity contribution in [3.8, 4) is 0 Å². The van der Waals surface area contributed by atoms with Gasteiger partial charge in [0.05, 0.1) is 22.7 Å². The van der Waals surface area contributed by atoms with Crippen molar-refractivity contribution in [1.29, 1.82) is 0 Å². The number of halogens is 2. The molecule has 1 atom stereocenters. The van der Waals surface area contributed by atoms with Crippen molar-refractivity contribution >= 4 is 44.8 Å². The fraction of sp³-hybridized carbons (Fsp3) is 0.188. The number of non-ortho nitro benzene ring substituents is 1. The lowest BCUT2D eigenvalue weighted by Gasteiger charge is -2.14. The molecule has 2 aromatic carbocycles. The Labute approximate surface area is 152 Å². The molecule has 126 valence electrons. The van der Waals surface area contributed by atoms with Crippen molar-refractivity contribution in [3.05, 3.63) is 67.6 Å². The molecule has 0 bridgehead atoms. The molecular formula is C16H16BrClN3O3+. The van der Waals surface area contributed by atoms with Crippen LogP contribution in [0.25, 0.3) is 0 Å². The van der Waals surface area contributed by atoms with Crippen LogP contribution >= 0.6 is 27.5 Å². The highest BCUT2D eigenvalue weighted by Gasteiger charge is 2.15. The summed E-state index contributed by atoms with van der Waals surface area (Å²) >= 11 is 9.36. The number of carbonyl (C=O) groups is 1. The molecule has 0 spiro atoms. The average molecular weight is 414 g/mol. The first-order valence-electron chi connectivity index (χ1n) is 7.14. The van der Waals surface area contributed by atoms with Crippen LogP contribution in [0.5, 0.6) is 0 Å². The van der Waals surface area contributed by atoms with E-state index in [0.717, 1.165) is 14.9 Å². The zero-order chi connectivity index (χ0) is 17.7. The van der Waals surface area contributed by atoms with Crippen molar-refractivity contribution in [2.24, 2.45) is 0 Å². The van der Waals surface area contributed by atoms with Crippen LogP contribution in [0.1, 0.15) is 5.56 Å². The van der Waals surface area contributed by atoms with Crippen molar-refractivity contribution in [2.75, 3.05) is 18.9 Å². The highest BCUT2D eigenvalue weighted by molar-refractivity contribution is 9.10. The van der Waals surface area contributed by atoms with Gasteiger partial charge < -0.3 is 10.2 Å². The number of nitrogens with one attached hydrogen (secondary N) is 2. The molecule has 0 aliphatic heterocycles. The summed E-state index contributed by atoms with van der Waals surface area (Å²) in [5.74, 6) is -0.257. The first-order valence-corrected chi connectivity index (χ1v) is 8.32. The molecule has 0 aliphatic carbocycles. The lowest BCUT2D eigenvalue weighted by Crippen LogP contribution is -3.08. The molecule has 0 aromatic heterocycles. The average Bonchev–Trinajstić information content (AvgIpc) is 2.51. The maximum Gasteiger partial charge on any atom is 0.279 e. The van der Waals surface area contributed by atoms with Gasteiger partial charge >= 0.3 is 0 Å². The van der Waals surface area contributed by atoms with Crippen LogP contribution in [0.4, 0.5) is 11.4 Å². The second-order valence-electron chi connectivity index (χ2n) is 5.41. The van der Waals surface area contributed by atoms with Gasteiger partial charge in [0.15, 0.2) is 6.54 Å². The Morgan fingerprint density at radius 2 is 1.96 bits per heavy atom. The lowest BCUT2D eigenvalue weighted by atomic mass is 10.2. The SMILES string of the molecule is C[NH+](CC(=O)Nc1cc([N+](=O)[O-])ccc1Cl)Cc1ccc(Br)cc1. The van der Waals surface area contributed by atoms with Gasteiger partial charge in [-0.25, -0.2) is 0 Å². The van der Waals surface area contributed by atoms with E-state index in [1.807, 2.05) is 31.3 Å². The molecule has 0 saturated heterocycles. The molecule has 0 aliphatic rings. The second kappa shape index (κ2) is 8.23. The van der Waals surface area contributed by atoms with Crippen LogP contribution in [0, 0.1) is 10.1 Å². The Kier molecular flexibility index (Phi) is 6.30. The van der Waals surface area contributed by atoms with Gasteiger partial charge in [0.2, 0.25) is 0 Å². The lowest BCUT2D eigenvalue weighted by molar-refractivity contribution is -0.885. The minimum Gasteiger partial charge on any atom is -0.326 e. The number of likely N-dealkylation sites (N-methyl/N-ethyl adjacent to an activating group) is 1. The van der Waals surface area contributed by atoms with E-state index in [9.17, 15) is 14.9 Å². The summed E-state index contributed by atoms with van der Waals surface area (Å²) in [5, 5.41) is 13.7. The summed E-state index contributed by atoms with van der Waals surface area (Å²) in [6.07, 6.45) is 0. The van der Waals surface area contributed by atoms with Gasteiger partial charge in [0, 0.05) is 22.2 Å². The Hall–Kier alpha value is -1.96. The van der Waals surface area contributed by atoms with Gasteiger partial charge in [0.1, 0.15) is 6.54 Å². The summed E-state index contributed by atoms with van der Waals surface area (Å²) in [4.78, 5) is 23.4. The highest BCUT2D eigenvalue weighted by Crippen LogP contribution is 2.26. The number of nitro benzene ring substituents is 1. The standard InChI is InChI=1S/C16H15BrClN3O3/c1-20(9-11-2-4-12(17)5-3-11)10-16(22)19-15-8-13(21(23)24)6-7-14(15)18/h2-8H,9-10H2,1H3,(H,19,22)/p+1. The van der Waals surface area contributed by atoms with E-state index in [1.54, 1.807) is 0 Å². The van der Waals surface area contributed by atoms with Crippen LogP contribution in [0.3, 0.4) is 0 Å². The first kappa shape index (κ1) is 18.4. The van der Waals surface area contributed by atoms with Gasteiger partial charge in [-0.15, -0.1) is 0 Å². The minimum atomic E-state index is -0.531. The van der Waals surface area contributed by atoms with E-state index in [1.165, 1.54) is 18.2 Å². The van der Waals surface area contributed by atoms with E-state index in [2.05, 4.69) is 21.2 Å². The van der Waals surface area contributed by atoms with Gasteiger partial charge in [-0.1, -0.05) is 39.7 Å². The number of rotatable bonds is 6. The third-order valence-corrected chi connectivity index (χ3v) is 4.17. The number of quaternary nitrogens is 1. The van der Waals surface area contributed by atoms with Gasteiger partial charge in [0.25, 0.3) is 11.6 Å². The van der Waals surface area contributed by atoms with Crippen LogP contribution in [-0.4, -0.2) is 24.4 Å². The summed E-state index contributed by atoms with van der Waals surface area (Å²) < 4.78 is 1.00. The predicted molar refractivity (Wildman–Crippen MR) is 96.3 cm³/mol. The van der Waals surface area contributed by atoms with Crippen LogP contribution in [-0.2, 0) is 11.3 Å². The molecule has 0 radical (unpaired) electrons. The van der Waals surface area contributed by atoms with Crippen LogP contribution in [0.2, 0.25) is 5.02 Å². The molecule has 2 aromatic rings. The molecule has 1 unspecified atom stereocenters. The van der Waals surface area contributed by atoms with E-state index < -0.39 is 4.92 Å². The topological polar surface area (TPSA) is 76.7 Å². The minimum absolute atomic E-state index is 0.120. The summed E-state index contributed by atoms with van der Waals surface area (Å²) in [6, 6.07) is 11.8. The molecule has 0 heterocycles. The Bertz CT molecular complexity index is 753. The Balaban J connectivity index is 1.96. The quantitative estimate of drug-likeness (QED) is 0.565. The third kappa shape index (κ3) is 5.30. The van der Waals surface area contributed by atoms with Crippen molar-refractivity contribution in [1.82, 2.24) is 0 Å². The number of nitrogens with zero attached hydrogens (tertiary/aromatic N) is 1. The van der Waals surface area contributed by atoms with Crippen molar-refractivity contribution in [2.45, 2.75) is 6.54 Å². The molecule has 2 N–H and O–H groups in total.